The first-order valence-electron chi connectivity index (χ1n) is 6.84. The standard InChI is InChI=1S/C13H14N2O2.C2H7N/c1-9(16)14-6-7-15-12(8-14)10-4-2-3-5-11(10)13(15)17;1-3-2/h2-5,12H,6-8H2,1H3;3H,1-2H3. The van der Waals surface area contributed by atoms with E-state index in [4.69, 9.17) is 0 Å². The Labute approximate surface area is 119 Å². The van der Waals surface area contributed by atoms with E-state index in [1.54, 1.807) is 6.92 Å². The van der Waals surface area contributed by atoms with Gasteiger partial charge in [0.05, 0.1) is 6.04 Å². The number of amides is 2. The summed E-state index contributed by atoms with van der Waals surface area (Å²) in [7, 11) is 3.75. The summed E-state index contributed by atoms with van der Waals surface area (Å²) in [6, 6.07) is 7.74. The number of piperazine rings is 1. The van der Waals surface area contributed by atoms with Crippen molar-refractivity contribution >= 4 is 11.8 Å². The number of fused-ring (bicyclic) bond motifs is 3. The van der Waals surface area contributed by atoms with Crippen LogP contribution in [0.2, 0.25) is 0 Å². The highest BCUT2D eigenvalue weighted by Crippen LogP contribution is 2.35. The summed E-state index contributed by atoms with van der Waals surface area (Å²) >= 11 is 0. The summed E-state index contributed by atoms with van der Waals surface area (Å²) in [6.07, 6.45) is 0. The van der Waals surface area contributed by atoms with Gasteiger partial charge >= 0.3 is 0 Å². The van der Waals surface area contributed by atoms with Gasteiger partial charge in [0.15, 0.2) is 0 Å². The molecule has 2 aliphatic rings. The van der Waals surface area contributed by atoms with Crippen LogP contribution in [0.25, 0.3) is 0 Å². The lowest BCUT2D eigenvalue weighted by molar-refractivity contribution is -0.131. The number of benzene rings is 1. The van der Waals surface area contributed by atoms with Crippen molar-refractivity contribution < 1.29 is 9.59 Å². The first-order chi connectivity index (χ1) is 9.60. The average molecular weight is 275 g/mol. The van der Waals surface area contributed by atoms with Crippen molar-refractivity contribution in [3.8, 4) is 0 Å². The number of hydrogen-bond acceptors (Lipinski definition) is 3. The van der Waals surface area contributed by atoms with Crippen LogP contribution in [0.3, 0.4) is 0 Å². The van der Waals surface area contributed by atoms with Gasteiger partial charge in [-0.2, -0.15) is 0 Å². The zero-order valence-corrected chi connectivity index (χ0v) is 12.2. The minimum Gasteiger partial charge on any atom is -0.339 e. The highest BCUT2D eigenvalue weighted by molar-refractivity contribution is 5.99. The van der Waals surface area contributed by atoms with Gasteiger partial charge in [0, 0.05) is 32.1 Å². The fraction of sp³-hybridized carbons (Fsp3) is 0.467. The molecule has 1 saturated heterocycles. The first kappa shape index (κ1) is 14.5. The van der Waals surface area contributed by atoms with Crippen molar-refractivity contribution in [2.75, 3.05) is 33.7 Å². The van der Waals surface area contributed by atoms with E-state index in [1.165, 1.54) is 0 Å². The minimum atomic E-state index is 0.0522. The summed E-state index contributed by atoms with van der Waals surface area (Å²) in [6.45, 7) is 3.49. The van der Waals surface area contributed by atoms with Gasteiger partial charge in [-0.25, -0.2) is 0 Å². The monoisotopic (exact) mass is 275 g/mol. The molecule has 1 aromatic rings. The van der Waals surface area contributed by atoms with Gasteiger partial charge in [-0.3, -0.25) is 9.59 Å². The molecule has 1 fully saturated rings. The molecule has 1 unspecified atom stereocenters. The molecule has 5 nitrogen and oxygen atoms in total. The van der Waals surface area contributed by atoms with E-state index >= 15 is 0 Å². The molecule has 1 N–H and O–H groups in total. The molecule has 0 aromatic heterocycles. The Bertz CT molecular complexity index is 516. The smallest absolute Gasteiger partial charge is 0.254 e. The predicted molar refractivity (Wildman–Crippen MR) is 77.5 cm³/mol. The lowest BCUT2D eigenvalue weighted by Crippen LogP contribution is -2.48. The number of nitrogens with one attached hydrogen (secondary N) is 1. The summed E-state index contributed by atoms with van der Waals surface area (Å²) in [5.41, 5.74) is 1.85. The molecule has 20 heavy (non-hydrogen) atoms. The lowest BCUT2D eigenvalue weighted by Gasteiger charge is -2.37. The van der Waals surface area contributed by atoms with Crippen LogP contribution in [0.4, 0.5) is 0 Å². The van der Waals surface area contributed by atoms with Crippen molar-refractivity contribution in [3.05, 3.63) is 35.4 Å². The van der Waals surface area contributed by atoms with Crippen LogP contribution in [0.15, 0.2) is 24.3 Å². The van der Waals surface area contributed by atoms with Crippen LogP contribution >= 0.6 is 0 Å². The number of nitrogens with zero attached hydrogens (tertiary/aromatic N) is 2. The number of rotatable bonds is 0. The van der Waals surface area contributed by atoms with Gasteiger partial charge in [-0.15, -0.1) is 0 Å². The predicted octanol–water partition coefficient (Wildman–Crippen LogP) is 0.881. The van der Waals surface area contributed by atoms with Crippen molar-refractivity contribution in [3.63, 3.8) is 0 Å². The number of hydrogen-bond donors (Lipinski definition) is 1. The van der Waals surface area contributed by atoms with Crippen LogP contribution < -0.4 is 5.32 Å². The molecule has 1 aromatic carbocycles. The van der Waals surface area contributed by atoms with Crippen molar-refractivity contribution in [1.29, 1.82) is 0 Å². The third-order valence-corrected chi connectivity index (χ3v) is 3.64. The zero-order valence-electron chi connectivity index (χ0n) is 12.2. The zero-order chi connectivity index (χ0) is 14.7. The molecule has 0 aliphatic carbocycles. The van der Waals surface area contributed by atoms with Crippen molar-refractivity contribution in [2.45, 2.75) is 13.0 Å². The van der Waals surface area contributed by atoms with E-state index < -0.39 is 0 Å². The molecule has 0 saturated carbocycles. The van der Waals surface area contributed by atoms with E-state index in [1.807, 2.05) is 48.2 Å². The minimum absolute atomic E-state index is 0.0522. The first-order valence-corrected chi connectivity index (χ1v) is 6.84. The van der Waals surface area contributed by atoms with Crippen LogP contribution in [-0.2, 0) is 4.79 Å². The molecule has 0 spiro atoms. The normalized spacial score (nSPS) is 19.9. The summed E-state index contributed by atoms with van der Waals surface area (Å²) < 4.78 is 0. The molecule has 0 bridgehead atoms. The van der Waals surface area contributed by atoms with E-state index in [0.29, 0.717) is 19.6 Å². The molecule has 108 valence electrons. The van der Waals surface area contributed by atoms with Crippen LogP contribution in [0.5, 0.6) is 0 Å². The van der Waals surface area contributed by atoms with Crippen LogP contribution in [0.1, 0.15) is 28.9 Å². The van der Waals surface area contributed by atoms with Gasteiger partial charge in [-0.1, -0.05) is 18.2 Å². The Hall–Kier alpha value is -1.88. The maximum absolute atomic E-state index is 12.1. The second-order valence-corrected chi connectivity index (χ2v) is 5.07. The molecular weight excluding hydrogens is 254 g/mol. The highest BCUT2D eigenvalue weighted by atomic mass is 16.2. The van der Waals surface area contributed by atoms with Gasteiger partial charge in [0.2, 0.25) is 5.91 Å². The molecule has 5 heteroatoms. The quantitative estimate of drug-likeness (QED) is 0.765. The van der Waals surface area contributed by atoms with Crippen LogP contribution in [-0.4, -0.2) is 55.3 Å². The van der Waals surface area contributed by atoms with E-state index in [0.717, 1.165) is 11.1 Å². The number of carbonyl (C=O) groups is 2. The SMILES string of the molecule is CC(=O)N1CCN2C(=O)c3ccccc3C2C1.CNC. The molecular formula is C15H21N3O2. The van der Waals surface area contributed by atoms with Crippen molar-refractivity contribution in [2.24, 2.45) is 0 Å². The fourth-order valence-corrected chi connectivity index (χ4v) is 2.72. The third-order valence-electron chi connectivity index (χ3n) is 3.64. The van der Waals surface area contributed by atoms with Gasteiger partial charge in [0.25, 0.3) is 5.91 Å². The fourth-order valence-electron chi connectivity index (χ4n) is 2.72. The van der Waals surface area contributed by atoms with E-state index in [2.05, 4.69) is 5.32 Å². The second-order valence-electron chi connectivity index (χ2n) is 5.07. The third kappa shape index (κ3) is 2.54. The average Bonchev–Trinajstić information content (AvgIpc) is 2.73. The van der Waals surface area contributed by atoms with Crippen molar-refractivity contribution in [1.82, 2.24) is 15.1 Å². The molecule has 1 atom stereocenters. The largest absolute Gasteiger partial charge is 0.339 e. The maximum Gasteiger partial charge on any atom is 0.254 e. The second kappa shape index (κ2) is 6.05. The number of carbonyl (C=O) groups excluding carboxylic acids is 2. The summed E-state index contributed by atoms with van der Waals surface area (Å²) in [5.74, 6) is 0.190. The maximum atomic E-state index is 12.1. The van der Waals surface area contributed by atoms with Gasteiger partial charge in [-0.05, 0) is 25.7 Å². The van der Waals surface area contributed by atoms with E-state index in [-0.39, 0.29) is 17.9 Å². The van der Waals surface area contributed by atoms with Gasteiger partial charge < -0.3 is 15.1 Å². The topological polar surface area (TPSA) is 52.7 Å². The Morgan fingerprint density at radius 1 is 1.25 bits per heavy atom. The summed E-state index contributed by atoms with van der Waals surface area (Å²) in [5, 5.41) is 2.75. The molecule has 0 radical (unpaired) electrons. The molecule has 2 aliphatic heterocycles. The Morgan fingerprint density at radius 3 is 2.55 bits per heavy atom. The molecule has 2 amide bonds. The Morgan fingerprint density at radius 2 is 1.90 bits per heavy atom. The Kier molecular flexibility index (Phi) is 4.39. The molecule has 3 rings (SSSR count). The molecule has 2 heterocycles. The Balaban J connectivity index is 0.000000452. The van der Waals surface area contributed by atoms with Crippen LogP contribution in [0, 0.1) is 0 Å². The van der Waals surface area contributed by atoms with Gasteiger partial charge in [0.1, 0.15) is 0 Å². The summed E-state index contributed by atoms with van der Waals surface area (Å²) in [4.78, 5) is 27.2. The van der Waals surface area contributed by atoms with E-state index in [9.17, 15) is 9.59 Å². The lowest BCUT2D eigenvalue weighted by atomic mass is 10.0. The highest BCUT2D eigenvalue weighted by Gasteiger charge is 2.40.